The number of benzene rings is 2. The van der Waals surface area contributed by atoms with Crippen molar-refractivity contribution in [3.63, 3.8) is 0 Å². The van der Waals surface area contributed by atoms with Crippen LogP contribution >= 0.6 is 11.6 Å². The Kier molecular flexibility index (Phi) is 10.6. The summed E-state index contributed by atoms with van der Waals surface area (Å²) in [6.07, 6.45) is -13.7. The lowest BCUT2D eigenvalue weighted by Crippen LogP contribution is -2.38. The van der Waals surface area contributed by atoms with Crippen LogP contribution in [-0.2, 0) is 33.6 Å². The van der Waals surface area contributed by atoms with Gasteiger partial charge >= 0.3 is 18.0 Å². The summed E-state index contributed by atoms with van der Waals surface area (Å²) in [5.74, 6) is -3.79. The molecule has 2 N–H and O–H groups in total. The first-order valence-electron chi connectivity index (χ1n) is 12.3. The zero-order chi connectivity index (χ0) is 31.2. The lowest BCUT2D eigenvalue weighted by Gasteiger charge is -2.21. The number of nitrogens with one attached hydrogen (secondary N) is 1. The van der Waals surface area contributed by atoms with E-state index in [9.17, 15) is 45.8 Å². The Hall–Kier alpha value is -3.69. The molecule has 0 bridgehead atoms. The first-order valence-corrected chi connectivity index (χ1v) is 12.6. The molecular formula is C26H25ClF6N4O5. The Morgan fingerprint density at radius 1 is 1.07 bits per heavy atom. The number of halogens is 7. The molecule has 0 fully saturated rings. The minimum absolute atomic E-state index is 0.0391. The van der Waals surface area contributed by atoms with Gasteiger partial charge in [0.1, 0.15) is 6.54 Å². The van der Waals surface area contributed by atoms with Gasteiger partial charge < -0.3 is 15.2 Å². The number of ketones is 1. The Morgan fingerprint density at radius 2 is 1.71 bits per heavy atom. The quantitative estimate of drug-likeness (QED) is 0.235. The normalized spacial score (nSPS) is 13.5. The minimum atomic E-state index is -5.08. The van der Waals surface area contributed by atoms with E-state index in [4.69, 9.17) is 16.3 Å². The summed E-state index contributed by atoms with van der Waals surface area (Å²) in [6.45, 7) is -2.16. The van der Waals surface area contributed by atoms with Crippen LogP contribution in [0.4, 0.5) is 26.3 Å². The lowest BCUT2D eigenvalue weighted by atomic mass is 9.89. The van der Waals surface area contributed by atoms with Crippen molar-refractivity contribution >= 4 is 23.3 Å². The van der Waals surface area contributed by atoms with Crippen molar-refractivity contribution in [2.75, 3.05) is 20.3 Å². The number of hydrogen-bond acceptors (Lipinski definition) is 6. The van der Waals surface area contributed by atoms with Gasteiger partial charge in [-0.15, -0.1) is 5.10 Å². The number of aromatic nitrogens is 3. The average molecular weight is 623 g/mol. The molecule has 0 saturated heterocycles. The second kappa shape index (κ2) is 13.5. The summed E-state index contributed by atoms with van der Waals surface area (Å²) in [6, 6.07) is 9.64. The molecule has 42 heavy (non-hydrogen) atoms. The topological polar surface area (TPSA) is 115 Å². The van der Waals surface area contributed by atoms with E-state index in [-0.39, 0.29) is 29.6 Å². The van der Waals surface area contributed by atoms with Gasteiger partial charge in [0.25, 0.3) is 0 Å². The molecule has 228 valence electrons. The summed E-state index contributed by atoms with van der Waals surface area (Å²) in [7, 11) is 1.34. The third-order valence-electron chi connectivity index (χ3n) is 6.08. The van der Waals surface area contributed by atoms with Crippen LogP contribution in [0.25, 0.3) is 11.4 Å². The van der Waals surface area contributed by atoms with Gasteiger partial charge in [0.2, 0.25) is 5.91 Å². The van der Waals surface area contributed by atoms with Crippen LogP contribution in [0.3, 0.4) is 0 Å². The zero-order valence-corrected chi connectivity index (χ0v) is 22.6. The molecule has 3 aromatic rings. The second-order valence-corrected chi connectivity index (χ2v) is 9.54. The molecule has 0 spiro atoms. The van der Waals surface area contributed by atoms with Gasteiger partial charge in [0, 0.05) is 30.7 Å². The van der Waals surface area contributed by atoms with E-state index in [2.05, 4.69) is 10.4 Å². The Labute approximate surface area is 239 Å². The number of hydrogen-bond donors (Lipinski definition) is 2. The van der Waals surface area contributed by atoms with E-state index in [0.29, 0.717) is 9.25 Å². The number of aliphatic hydroxyl groups is 1. The Morgan fingerprint density at radius 3 is 2.31 bits per heavy atom. The van der Waals surface area contributed by atoms with E-state index in [1.165, 1.54) is 37.4 Å². The van der Waals surface area contributed by atoms with Crippen LogP contribution in [0.15, 0.2) is 53.3 Å². The van der Waals surface area contributed by atoms with Gasteiger partial charge in [-0.05, 0) is 35.9 Å². The third-order valence-corrected chi connectivity index (χ3v) is 6.33. The Bertz CT molecular complexity index is 1450. The molecule has 9 nitrogen and oxygen atoms in total. The molecule has 1 aromatic heterocycles. The van der Waals surface area contributed by atoms with Gasteiger partial charge in [0.15, 0.2) is 17.7 Å². The molecule has 0 aliphatic carbocycles. The van der Waals surface area contributed by atoms with Gasteiger partial charge in [-0.2, -0.15) is 26.3 Å². The van der Waals surface area contributed by atoms with Crippen molar-refractivity contribution in [2.24, 2.45) is 0 Å². The highest BCUT2D eigenvalue weighted by Gasteiger charge is 2.40. The van der Waals surface area contributed by atoms with Crippen molar-refractivity contribution in [1.82, 2.24) is 19.7 Å². The minimum Gasteiger partial charge on any atom is -0.383 e. The highest BCUT2D eigenvalue weighted by molar-refractivity contribution is 6.30. The molecule has 2 aromatic carbocycles. The predicted octanol–water partition coefficient (Wildman–Crippen LogP) is 3.81. The summed E-state index contributed by atoms with van der Waals surface area (Å²) >= 11 is 5.85. The number of Topliss-reactive ketones (excluding diaryl/α,β-unsaturated/α-hetero) is 1. The zero-order valence-electron chi connectivity index (χ0n) is 21.9. The van der Waals surface area contributed by atoms with Crippen LogP contribution in [0.2, 0.25) is 5.02 Å². The number of aliphatic hydroxyl groups excluding tert-OH is 1. The van der Waals surface area contributed by atoms with E-state index in [0.717, 1.165) is 18.2 Å². The summed E-state index contributed by atoms with van der Waals surface area (Å²) in [4.78, 5) is 39.0. The van der Waals surface area contributed by atoms with Gasteiger partial charge in [-0.3, -0.25) is 14.2 Å². The number of amides is 1. The van der Waals surface area contributed by atoms with E-state index < -0.39 is 72.4 Å². The fourth-order valence-corrected chi connectivity index (χ4v) is 4.19. The number of carbonyl (C=O) groups excluding carboxylic acids is 2. The second-order valence-electron chi connectivity index (χ2n) is 9.10. The maximum absolute atomic E-state index is 13.7. The summed E-state index contributed by atoms with van der Waals surface area (Å²) in [5.41, 5.74) is -2.70. The monoisotopic (exact) mass is 622 g/mol. The van der Waals surface area contributed by atoms with Crippen molar-refractivity contribution < 1.29 is 45.8 Å². The molecule has 0 saturated carbocycles. The van der Waals surface area contributed by atoms with Gasteiger partial charge in [0.05, 0.1) is 24.6 Å². The average Bonchev–Trinajstić information content (AvgIpc) is 3.21. The number of nitrogens with zero attached hydrogens (tertiary/aromatic N) is 3. The van der Waals surface area contributed by atoms with E-state index >= 15 is 0 Å². The molecule has 1 heterocycles. The number of rotatable bonds is 12. The predicted molar refractivity (Wildman–Crippen MR) is 138 cm³/mol. The highest BCUT2D eigenvalue weighted by atomic mass is 35.5. The standard InChI is InChI=1S/C26H25ClF6N4O5/c1-42-11-10-34-23(40)19(18-4-2-3-5-20(18)25(28,29)30)12-17(38)13-37-24(41)36(14-21(39)26(31,32)33)22(35-37)15-6-8-16(27)9-7-15/h2-9,19,21,39H,10-14H2,1H3,(H,34,40)/t19?,21-/m0/s1. The SMILES string of the molecule is COCCNC(=O)C(CC(=O)Cn1nc(-c2ccc(Cl)cc2)n(C[C@H](O)C(F)(F)F)c1=O)c1ccccc1C(F)(F)F. The van der Waals surface area contributed by atoms with Crippen molar-refractivity contribution in [1.29, 1.82) is 0 Å². The molecule has 16 heteroatoms. The lowest BCUT2D eigenvalue weighted by molar-refractivity contribution is -0.207. The van der Waals surface area contributed by atoms with Gasteiger partial charge in [-0.25, -0.2) is 9.48 Å². The van der Waals surface area contributed by atoms with Crippen LogP contribution in [0, 0.1) is 0 Å². The first kappa shape index (κ1) is 32.8. The van der Waals surface area contributed by atoms with Gasteiger partial charge in [-0.1, -0.05) is 29.8 Å². The molecule has 0 aliphatic heterocycles. The fourth-order valence-electron chi connectivity index (χ4n) is 4.06. The van der Waals surface area contributed by atoms with E-state index in [1.807, 2.05) is 0 Å². The largest absolute Gasteiger partial charge is 0.416 e. The highest BCUT2D eigenvalue weighted by Crippen LogP contribution is 2.36. The number of carbonyl (C=O) groups is 2. The number of alkyl halides is 6. The molecular weight excluding hydrogens is 598 g/mol. The van der Waals surface area contributed by atoms with E-state index in [1.54, 1.807) is 0 Å². The van der Waals surface area contributed by atoms with Crippen LogP contribution in [0.5, 0.6) is 0 Å². The fraction of sp³-hybridized carbons (Fsp3) is 0.385. The maximum Gasteiger partial charge on any atom is 0.416 e. The summed E-state index contributed by atoms with van der Waals surface area (Å²) < 4.78 is 86.3. The Balaban J connectivity index is 1.98. The third kappa shape index (κ3) is 8.20. The maximum atomic E-state index is 13.7. The smallest absolute Gasteiger partial charge is 0.383 e. The van der Waals surface area contributed by atoms with Crippen molar-refractivity contribution in [2.45, 2.75) is 43.9 Å². The molecule has 3 rings (SSSR count). The van der Waals surface area contributed by atoms with Crippen LogP contribution < -0.4 is 11.0 Å². The first-order chi connectivity index (χ1) is 19.6. The number of methoxy groups -OCH3 is 1. The molecule has 1 unspecified atom stereocenters. The number of ether oxygens (including phenoxy) is 1. The molecule has 2 atom stereocenters. The molecule has 1 amide bonds. The molecule has 0 aliphatic rings. The molecule has 0 radical (unpaired) electrons. The van der Waals surface area contributed by atoms with Crippen LogP contribution in [0.1, 0.15) is 23.5 Å². The summed E-state index contributed by atoms with van der Waals surface area (Å²) in [5, 5.41) is 16.2. The van der Waals surface area contributed by atoms with Crippen LogP contribution in [-0.4, -0.2) is 63.7 Å². The van der Waals surface area contributed by atoms with Crippen molar-refractivity contribution in [3.05, 3.63) is 75.2 Å². The van der Waals surface area contributed by atoms with Crippen molar-refractivity contribution in [3.8, 4) is 11.4 Å².